The number of carbonyl (C=O) groups is 1. The predicted molar refractivity (Wildman–Crippen MR) is 85.1 cm³/mol. The van der Waals surface area contributed by atoms with Gasteiger partial charge in [-0.1, -0.05) is 6.07 Å². The lowest BCUT2D eigenvalue weighted by atomic mass is 10.1. The molecule has 1 aromatic rings. The number of nitro groups is 1. The van der Waals surface area contributed by atoms with Crippen molar-refractivity contribution in [3.63, 3.8) is 0 Å². The third kappa shape index (κ3) is 3.29. The van der Waals surface area contributed by atoms with Crippen LogP contribution in [0.2, 0.25) is 0 Å². The van der Waals surface area contributed by atoms with Gasteiger partial charge in [-0.05, 0) is 25.2 Å². The second-order valence-corrected chi connectivity index (χ2v) is 6.07. The number of nitrogens with one attached hydrogen (secondary N) is 1. The molecule has 1 fully saturated rings. The Hall–Kier alpha value is -1.76. The highest BCUT2D eigenvalue weighted by molar-refractivity contribution is 7.99. The Balaban J connectivity index is 2.35. The first-order valence-electron chi connectivity index (χ1n) is 6.92. The van der Waals surface area contributed by atoms with Gasteiger partial charge in [0.2, 0.25) is 0 Å². The van der Waals surface area contributed by atoms with Crippen LogP contribution in [0.4, 0.5) is 11.4 Å². The molecule has 1 aliphatic rings. The number of para-hydroxylation sites is 1. The fraction of sp³-hybridized carbons (Fsp3) is 0.500. The number of hydrogen-bond donors (Lipinski definition) is 1. The van der Waals surface area contributed by atoms with Crippen LogP contribution in [0.3, 0.4) is 0 Å². The van der Waals surface area contributed by atoms with Crippen molar-refractivity contribution in [1.82, 2.24) is 4.90 Å². The molecule has 1 heterocycles. The van der Waals surface area contributed by atoms with E-state index in [9.17, 15) is 14.9 Å². The summed E-state index contributed by atoms with van der Waals surface area (Å²) >= 11 is 1.83. The molecule has 1 aliphatic heterocycles. The molecule has 0 aliphatic carbocycles. The maximum atomic E-state index is 12.7. The van der Waals surface area contributed by atoms with E-state index in [1.807, 2.05) is 18.7 Å². The van der Waals surface area contributed by atoms with Gasteiger partial charge in [0.15, 0.2) is 0 Å². The highest BCUT2D eigenvalue weighted by Crippen LogP contribution is 2.30. The minimum Gasteiger partial charge on any atom is -0.379 e. The van der Waals surface area contributed by atoms with E-state index in [0.29, 0.717) is 17.8 Å². The molecule has 1 atom stereocenters. The van der Waals surface area contributed by atoms with Crippen LogP contribution in [0.1, 0.15) is 23.7 Å². The average molecular weight is 309 g/mol. The van der Waals surface area contributed by atoms with Gasteiger partial charge in [-0.2, -0.15) is 11.8 Å². The highest BCUT2D eigenvalue weighted by atomic mass is 32.2. The van der Waals surface area contributed by atoms with Crippen molar-refractivity contribution >= 4 is 29.0 Å². The maximum absolute atomic E-state index is 12.7. The summed E-state index contributed by atoms with van der Waals surface area (Å²) in [5, 5.41) is 14.1. The van der Waals surface area contributed by atoms with Crippen LogP contribution < -0.4 is 5.32 Å². The summed E-state index contributed by atoms with van der Waals surface area (Å²) in [6, 6.07) is 4.83. The van der Waals surface area contributed by atoms with Gasteiger partial charge in [-0.15, -0.1) is 0 Å². The predicted octanol–water partition coefficient (Wildman–Crippen LogP) is 2.60. The van der Waals surface area contributed by atoms with E-state index in [2.05, 4.69) is 5.32 Å². The van der Waals surface area contributed by atoms with E-state index in [4.69, 9.17) is 0 Å². The second kappa shape index (κ2) is 6.80. The maximum Gasteiger partial charge on any atom is 0.293 e. The summed E-state index contributed by atoms with van der Waals surface area (Å²) < 4.78 is 0. The van der Waals surface area contributed by atoms with Gasteiger partial charge < -0.3 is 10.2 Å². The number of amides is 1. The molecule has 6 nitrogen and oxygen atoms in total. The topological polar surface area (TPSA) is 75.5 Å². The lowest BCUT2D eigenvalue weighted by molar-refractivity contribution is -0.384. The third-order valence-corrected chi connectivity index (χ3v) is 4.74. The summed E-state index contributed by atoms with van der Waals surface area (Å²) in [6.07, 6.45) is 0.971. The van der Waals surface area contributed by atoms with Crippen LogP contribution in [-0.4, -0.2) is 46.9 Å². The molecule has 0 aromatic heterocycles. The number of hydrogen-bond acceptors (Lipinski definition) is 5. The molecule has 0 spiro atoms. The lowest BCUT2D eigenvalue weighted by Crippen LogP contribution is -2.37. The fourth-order valence-electron chi connectivity index (χ4n) is 2.42. The van der Waals surface area contributed by atoms with Crippen molar-refractivity contribution < 1.29 is 9.72 Å². The summed E-state index contributed by atoms with van der Waals surface area (Å²) in [5.41, 5.74) is 0.620. The van der Waals surface area contributed by atoms with E-state index in [0.717, 1.165) is 17.9 Å². The van der Waals surface area contributed by atoms with E-state index in [-0.39, 0.29) is 17.6 Å². The zero-order valence-electron chi connectivity index (χ0n) is 12.2. The van der Waals surface area contributed by atoms with Crippen molar-refractivity contribution in [3.8, 4) is 0 Å². The Kier molecular flexibility index (Phi) is 5.06. The number of nitro benzene ring substituents is 1. The molecule has 21 heavy (non-hydrogen) atoms. The van der Waals surface area contributed by atoms with Gasteiger partial charge >= 0.3 is 0 Å². The smallest absolute Gasteiger partial charge is 0.293 e. The Morgan fingerprint density at radius 1 is 1.57 bits per heavy atom. The zero-order valence-corrected chi connectivity index (χ0v) is 13.0. The van der Waals surface area contributed by atoms with Crippen LogP contribution in [0.5, 0.6) is 0 Å². The molecular weight excluding hydrogens is 290 g/mol. The van der Waals surface area contributed by atoms with Crippen LogP contribution in [-0.2, 0) is 0 Å². The van der Waals surface area contributed by atoms with E-state index in [1.165, 1.54) is 6.07 Å². The van der Waals surface area contributed by atoms with E-state index in [1.54, 1.807) is 24.1 Å². The van der Waals surface area contributed by atoms with Gasteiger partial charge in [0, 0.05) is 31.5 Å². The molecule has 1 aromatic carbocycles. The molecule has 1 N–H and O–H groups in total. The number of nitrogens with zero attached hydrogens (tertiary/aromatic N) is 2. The summed E-state index contributed by atoms with van der Waals surface area (Å²) in [7, 11) is 1.77. The molecule has 1 unspecified atom stereocenters. The number of rotatable bonds is 5. The highest BCUT2D eigenvalue weighted by Gasteiger charge is 2.28. The Morgan fingerprint density at radius 2 is 2.33 bits per heavy atom. The number of anilines is 1. The lowest BCUT2D eigenvalue weighted by Gasteiger charge is -2.24. The number of thioether (sulfide) groups is 1. The molecule has 1 saturated heterocycles. The number of benzene rings is 1. The molecular formula is C14H19N3O3S. The molecule has 0 radical (unpaired) electrons. The van der Waals surface area contributed by atoms with Gasteiger partial charge in [0.25, 0.3) is 11.6 Å². The van der Waals surface area contributed by atoms with Crippen molar-refractivity contribution in [3.05, 3.63) is 33.9 Å². The fourth-order valence-corrected chi connectivity index (χ4v) is 3.68. The van der Waals surface area contributed by atoms with E-state index >= 15 is 0 Å². The first kappa shape index (κ1) is 15.6. The van der Waals surface area contributed by atoms with Gasteiger partial charge in [-0.25, -0.2) is 0 Å². The normalized spacial score (nSPS) is 17.5. The monoisotopic (exact) mass is 309 g/mol. The molecule has 1 amide bonds. The Bertz CT molecular complexity index is 544. The average Bonchev–Trinajstić information content (AvgIpc) is 3.00. The third-order valence-electron chi connectivity index (χ3n) is 3.60. The molecule has 0 saturated carbocycles. The largest absolute Gasteiger partial charge is 0.379 e. The van der Waals surface area contributed by atoms with Crippen LogP contribution in [0, 0.1) is 10.1 Å². The van der Waals surface area contributed by atoms with Crippen molar-refractivity contribution in [2.24, 2.45) is 0 Å². The van der Waals surface area contributed by atoms with Crippen molar-refractivity contribution in [2.45, 2.75) is 19.4 Å². The van der Waals surface area contributed by atoms with Crippen LogP contribution in [0.15, 0.2) is 18.2 Å². The first-order valence-corrected chi connectivity index (χ1v) is 8.08. The molecule has 7 heteroatoms. The van der Waals surface area contributed by atoms with Gasteiger partial charge in [0.1, 0.15) is 5.69 Å². The van der Waals surface area contributed by atoms with Crippen LogP contribution in [0.25, 0.3) is 0 Å². The summed E-state index contributed by atoms with van der Waals surface area (Å²) in [4.78, 5) is 25.0. The van der Waals surface area contributed by atoms with Crippen molar-refractivity contribution in [2.75, 3.05) is 30.4 Å². The second-order valence-electron chi connectivity index (χ2n) is 4.92. The zero-order chi connectivity index (χ0) is 15.4. The van der Waals surface area contributed by atoms with E-state index < -0.39 is 4.92 Å². The Labute approximate surface area is 128 Å². The Morgan fingerprint density at radius 3 is 2.90 bits per heavy atom. The standard InChI is InChI=1S/C14H19N3O3S/c1-3-15-13-11(5-4-6-12(13)17(19)20)14(18)16(2)10-7-8-21-9-10/h4-6,10,15H,3,7-9H2,1-2H3. The number of carbonyl (C=O) groups excluding carboxylic acids is 1. The minimum atomic E-state index is -0.458. The molecule has 2 rings (SSSR count). The van der Waals surface area contributed by atoms with Gasteiger partial charge in [-0.3, -0.25) is 14.9 Å². The quantitative estimate of drug-likeness (QED) is 0.668. The first-order chi connectivity index (χ1) is 10.1. The molecule has 114 valence electrons. The van der Waals surface area contributed by atoms with Crippen LogP contribution >= 0.6 is 11.8 Å². The summed E-state index contributed by atoms with van der Waals surface area (Å²) in [5.74, 6) is 1.81. The minimum absolute atomic E-state index is 0.0584. The molecule has 0 bridgehead atoms. The summed E-state index contributed by atoms with van der Waals surface area (Å²) in [6.45, 7) is 2.37. The van der Waals surface area contributed by atoms with Crippen molar-refractivity contribution in [1.29, 1.82) is 0 Å². The van der Waals surface area contributed by atoms with Gasteiger partial charge in [0.05, 0.1) is 10.5 Å². The SMILES string of the molecule is CCNc1c(C(=O)N(C)C2CCSC2)cccc1[N+](=O)[O-].